The molecule has 0 atom stereocenters. The molecule has 0 spiro atoms. The molecular formula is C18H13ClFN3O2. The lowest BCUT2D eigenvalue weighted by atomic mass is 10.1. The maximum atomic E-state index is 13.0. The van der Waals surface area contributed by atoms with Crippen molar-refractivity contribution in [2.75, 3.05) is 5.32 Å². The third-order valence-corrected chi connectivity index (χ3v) is 3.71. The molecule has 3 aromatic rings. The van der Waals surface area contributed by atoms with Gasteiger partial charge in [-0.1, -0.05) is 11.6 Å². The average molecular weight is 358 g/mol. The highest BCUT2D eigenvalue weighted by Crippen LogP contribution is 2.15. The second-order valence-electron chi connectivity index (χ2n) is 5.30. The summed E-state index contributed by atoms with van der Waals surface area (Å²) in [6, 6.07) is 13.6. The van der Waals surface area contributed by atoms with Crippen LogP contribution in [0.4, 0.5) is 10.1 Å². The number of hydrogen-bond donors (Lipinski definition) is 1. The van der Waals surface area contributed by atoms with Crippen LogP contribution in [-0.2, 0) is 11.3 Å². The van der Waals surface area contributed by atoms with Crippen molar-refractivity contribution in [3.63, 3.8) is 0 Å². The first-order chi connectivity index (χ1) is 12.0. The first kappa shape index (κ1) is 16.9. The first-order valence-electron chi connectivity index (χ1n) is 7.39. The zero-order chi connectivity index (χ0) is 17.8. The van der Waals surface area contributed by atoms with E-state index in [0.717, 1.165) is 0 Å². The number of hydrogen-bond acceptors (Lipinski definition) is 3. The van der Waals surface area contributed by atoms with Crippen LogP contribution in [-0.4, -0.2) is 15.5 Å². The quantitative estimate of drug-likeness (QED) is 0.778. The molecule has 1 heterocycles. The van der Waals surface area contributed by atoms with E-state index in [0.29, 0.717) is 22.0 Å². The molecule has 0 aliphatic heterocycles. The van der Waals surface area contributed by atoms with Crippen LogP contribution in [0, 0.1) is 5.82 Å². The smallest absolute Gasteiger partial charge is 0.254 e. The Labute approximate surface area is 147 Å². The van der Waals surface area contributed by atoms with Gasteiger partial charge in [-0.2, -0.15) is 0 Å². The highest BCUT2D eigenvalue weighted by atomic mass is 35.5. The van der Waals surface area contributed by atoms with Crippen LogP contribution in [0.15, 0.2) is 65.7 Å². The Hall–Kier alpha value is -2.99. The zero-order valence-electron chi connectivity index (χ0n) is 12.9. The summed E-state index contributed by atoms with van der Waals surface area (Å²) in [6.07, 6.45) is 1.29. The highest BCUT2D eigenvalue weighted by molar-refractivity contribution is 6.30. The van der Waals surface area contributed by atoms with Gasteiger partial charge in [-0.25, -0.2) is 9.37 Å². The van der Waals surface area contributed by atoms with Crippen molar-refractivity contribution in [3.8, 4) is 11.3 Å². The van der Waals surface area contributed by atoms with Crippen molar-refractivity contribution in [2.24, 2.45) is 0 Å². The maximum Gasteiger partial charge on any atom is 0.254 e. The summed E-state index contributed by atoms with van der Waals surface area (Å²) >= 11 is 5.79. The van der Waals surface area contributed by atoms with Crippen molar-refractivity contribution in [1.82, 2.24) is 9.55 Å². The Morgan fingerprint density at radius 1 is 1.12 bits per heavy atom. The van der Waals surface area contributed by atoms with Crippen molar-refractivity contribution in [3.05, 3.63) is 82.1 Å². The monoisotopic (exact) mass is 357 g/mol. The molecule has 5 nitrogen and oxygen atoms in total. The van der Waals surface area contributed by atoms with E-state index >= 15 is 0 Å². The molecule has 0 unspecified atom stereocenters. The summed E-state index contributed by atoms with van der Waals surface area (Å²) in [5.74, 6) is -0.725. The van der Waals surface area contributed by atoms with Gasteiger partial charge in [0, 0.05) is 22.3 Å². The number of nitrogens with zero attached hydrogens (tertiary/aromatic N) is 2. The SMILES string of the molecule is O=C(Cn1cnc(-c2ccc(F)cc2)cc1=O)Nc1ccc(Cl)cc1. The molecule has 2 aromatic carbocycles. The lowest BCUT2D eigenvalue weighted by molar-refractivity contribution is -0.116. The molecule has 0 saturated carbocycles. The minimum Gasteiger partial charge on any atom is -0.325 e. The van der Waals surface area contributed by atoms with E-state index in [9.17, 15) is 14.0 Å². The largest absolute Gasteiger partial charge is 0.325 e. The Balaban J connectivity index is 1.72. The number of benzene rings is 2. The van der Waals surface area contributed by atoms with E-state index in [1.165, 1.54) is 41.2 Å². The summed E-state index contributed by atoms with van der Waals surface area (Å²) < 4.78 is 14.1. The third kappa shape index (κ3) is 4.30. The number of rotatable bonds is 4. The number of aromatic nitrogens is 2. The topological polar surface area (TPSA) is 64.0 Å². The molecule has 25 heavy (non-hydrogen) atoms. The fourth-order valence-electron chi connectivity index (χ4n) is 2.21. The number of amides is 1. The van der Waals surface area contributed by atoms with E-state index in [1.807, 2.05) is 0 Å². The van der Waals surface area contributed by atoms with Crippen LogP contribution in [0.1, 0.15) is 0 Å². The Morgan fingerprint density at radius 2 is 1.80 bits per heavy atom. The molecule has 0 fully saturated rings. The van der Waals surface area contributed by atoms with E-state index in [4.69, 9.17) is 11.6 Å². The van der Waals surface area contributed by atoms with Crippen LogP contribution in [0.25, 0.3) is 11.3 Å². The van der Waals surface area contributed by atoms with E-state index in [1.54, 1.807) is 24.3 Å². The van der Waals surface area contributed by atoms with Gasteiger partial charge in [0.2, 0.25) is 5.91 Å². The lowest BCUT2D eigenvalue weighted by Crippen LogP contribution is -2.27. The molecule has 0 radical (unpaired) electrons. The molecule has 0 aliphatic carbocycles. The molecule has 0 saturated heterocycles. The van der Waals surface area contributed by atoms with Gasteiger partial charge in [0.25, 0.3) is 5.56 Å². The number of carbonyl (C=O) groups is 1. The number of carbonyl (C=O) groups excluding carboxylic acids is 1. The number of anilines is 1. The second-order valence-corrected chi connectivity index (χ2v) is 5.74. The Bertz CT molecular complexity index is 953. The average Bonchev–Trinajstić information content (AvgIpc) is 2.59. The van der Waals surface area contributed by atoms with Crippen LogP contribution < -0.4 is 10.9 Å². The summed E-state index contributed by atoms with van der Waals surface area (Å²) in [4.78, 5) is 28.4. The molecule has 7 heteroatoms. The molecule has 1 aromatic heterocycles. The second kappa shape index (κ2) is 7.27. The van der Waals surface area contributed by atoms with Crippen LogP contribution in [0.3, 0.4) is 0 Å². The molecule has 0 aliphatic rings. The first-order valence-corrected chi connectivity index (χ1v) is 7.77. The summed E-state index contributed by atoms with van der Waals surface area (Å²) in [5, 5.41) is 3.24. The molecule has 1 N–H and O–H groups in total. The van der Waals surface area contributed by atoms with Crippen molar-refractivity contribution in [1.29, 1.82) is 0 Å². The van der Waals surface area contributed by atoms with Gasteiger partial charge in [0.1, 0.15) is 12.4 Å². The third-order valence-electron chi connectivity index (χ3n) is 3.46. The predicted molar refractivity (Wildman–Crippen MR) is 94.0 cm³/mol. The van der Waals surface area contributed by atoms with E-state index in [2.05, 4.69) is 10.3 Å². The van der Waals surface area contributed by atoms with Crippen LogP contribution in [0.5, 0.6) is 0 Å². The van der Waals surface area contributed by atoms with Crippen molar-refractivity contribution < 1.29 is 9.18 Å². The van der Waals surface area contributed by atoms with Gasteiger partial charge in [0.05, 0.1) is 12.0 Å². The zero-order valence-corrected chi connectivity index (χ0v) is 13.7. The van der Waals surface area contributed by atoms with Gasteiger partial charge in [-0.05, 0) is 48.5 Å². The fourth-order valence-corrected chi connectivity index (χ4v) is 2.34. The predicted octanol–water partition coefficient (Wildman–Crippen LogP) is 3.34. The highest BCUT2D eigenvalue weighted by Gasteiger charge is 2.08. The van der Waals surface area contributed by atoms with Gasteiger partial charge >= 0.3 is 0 Å². The van der Waals surface area contributed by atoms with Crippen LogP contribution >= 0.6 is 11.6 Å². The van der Waals surface area contributed by atoms with Gasteiger partial charge in [-0.15, -0.1) is 0 Å². The van der Waals surface area contributed by atoms with E-state index < -0.39 is 0 Å². The molecule has 3 rings (SSSR count). The minimum absolute atomic E-state index is 0.168. The van der Waals surface area contributed by atoms with E-state index in [-0.39, 0.29) is 23.8 Å². The Kier molecular flexibility index (Phi) is 4.90. The summed E-state index contributed by atoms with van der Waals surface area (Å²) in [6.45, 7) is -0.168. The number of halogens is 2. The summed E-state index contributed by atoms with van der Waals surface area (Å²) in [7, 11) is 0. The van der Waals surface area contributed by atoms with Gasteiger partial charge < -0.3 is 5.32 Å². The van der Waals surface area contributed by atoms with Gasteiger partial charge in [-0.3, -0.25) is 14.2 Å². The lowest BCUT2D eigenvalue weighted by Gasteiger charge is -2.08. The summed E-state index contributed by atoms with van der Waals surface area (Å²) in [5.41, 5.74) is 1.24. The van der Waals surface area contributed by atoms with Crippen LogP contribution in [0.2, 0.25) is 5.02 Å². The normalized spacial score (nSPS) is 10.5. The van der Waals surface area contributed by atoms with Crippen molar-refractivity contribution in [2.45, 2.75) is 6.54 Å². The standard InChI is InChI=1S/C18H13ClFN3O2/c19-13-3-7-15(8-4-13)22-17(24)10-23-11-21-16(9-18(23)25)12-1-5-14(20)6-2-12/h1-9,11H,10H2,(H,22,24). The molecule has 0 bridgehead atoms. The number of nitrogens with one attached hydrogen (secondary N) is 1. The molecule has 126 valence electrons. The molecule has 1 amide bonds. The Morgan fingerprint density at radius 3 is 2.44 bits per heavy atom. The van der Waals surface area contributed by atoms with Gasteiger partial charge in [0.15, 0.2) is 0 Å². The minimum atomic E-state index is -0.374. The van der Waals surface area contributed by atoms with Crippen molar-refractivity contribution >= 4 is 23.2 Å². The maximum absolute atomic E-state index is 13.0. The fraction of sp³-hybridized carbons (Fsp3) is 0.0556. The molecular weight excluding hydrogens is 345 g/mol.